The molecule has 2 aromatic heterocycles. The van der Waals surface area contributed by atoms with Crippen LogP contribution in [-0.4, -0.2) is 42.0 Å². The van der Waals surface area contributed by atoms with E-state index in [1.807, 2.05) is 0 Å². The second-order valence-corrected chi connectivity index (χ2v) is 7.72. The van der Waals surface area contributed by atoms with Crippen LogP contribution >= 0.6 is 24.4 Å². The fourth-order valence-corrected chi connectivity index (χ4v) is 3.18. The lowest BCUT2D eigenvalue weighted by atomic mass is 10.2. The van der Waals surface area contributed by atoms with Crippen LogP contribution in [0.1, 0.15) is 20.7 Å². The van der Waals surface area contributed by atoms with E-state index in [4.69, 9.17) is 0 Å². The number of rotatable bonds is 4. The summed E-state index contributed by atoms with van der Waals surface area (Å²) in [5.41, 5.74) is -1.28. The van der Waals surface area contributed by atoms with E-state index < -0.39 is 45.8 Å². The highest BCUT2D eigenvalue weighted by atomic mass is 32.1. The van der Waals surface area contributed by atoms with Gasteiger partial charge in [-0.05, 0) is 48.7 Å². The van der Waals surface area contributed by atoms with E-state index >= 15 is 0 Å². The summed E-state index contributed by atoms with van der Waals surface area (Å²) in [6.45, 7) is 0. The van der Waals surface area contributed by atoms with E-state index in [-0.39, 0.29) is 9.54 Å². The average molecular weight is 527 g/mol. The van der Waals surface area contributed by atoms with Crippen LogP contribution in [0.4, 0.5) is 11.4 Å². The summed E-state index contributed by atoms with van der Waals surface area (Å²) in [5.74, 6) is -2.55. The smallest absolute Gasteiger partial charge is 0.268 e. The van der Waals surface area contributed by atoms with Gasteiger partial charge in [0.2, 0.25) is 11.8 Å². The van der Waals surface area contributed by atoms with Gasteiger partial charge in [0, 0.05) is 11.4 Å². The molecular formula is C22H18N6O6S2. The fourth-order valence-electron chi connectivity index (χ4n) is 2.80. The summed E-state index contributed by atoms with van der Waals surface area (Å²) in [5, 5.41) is 24.0. The number of carbonyl (C=O) groups excluding carboxylic acids is 2. The zero-order valence-electron chi connectivity index (χ0n) is 18.1. The van der Waals surface area contributed by atoms with Crippen LogP contribution in [0.25, 0.3) is 0 Å². The Kier molecular flexibility index (Phi) is 8.27. The van der Waals surface area contributed by atoms with Crippen LogP contribution in [0.3, 0.4) is 0 Å². The first-order valence-electron chi connectivity index (χ1n) is 9.99. The van der Waals surface area contributed by atoms with Gasteiger partial charge in [-0.2, -0.15) is 0 Å². The van der Waals surface area contributed by atoms with E-state index in [0.29, 0.717) is 11.4 Å². The molecule has 4 rings (SSSR count). The summed E-state index contributed by atoms with van der Waals surface area (Å²) >= 11 is 9.32. The van der Waals surface area contributed by atoms with Gasteiger partial charge in [-0.15, -0.1) is 0 Å². The number of aromatic hydroxyl groups is 2. The summed E-state index contributed by atoms with van der Waals surface area (Å²) in [4.78, 5) is 55.8. The minimum atomic E-state index is -0.746. The van der Waals surface area contributed by atoms with E-state index in [2.05, 4.69) is 55.0 Å². The highest BCUT2D eigenvalue weighted by molar-refractivity contribution is 7.71. The van der Waals surface area contributed by atoms with Gasteiger partial charge in [0.05, 0.1) is 0 Å². The van der Waals surface area contributed by atoms with Gasteiger partial charge in [0.15, 0.2) is 20.7 Å². The Morgan fingerprint density at radius 1 is 0.611 bits per heavy atom. The van der Waals surface area contributed by atoms with Gasteiger partial charge >= 0.3 is 0 Å². The zero-order chi connectivity index (χ0) is 26.2. The third kappa shape index (κ3) is 6.62. The van der Waals surface area contributed by atoms with Crippen molar-refractivity contribution in [3.63, 3.8) is 0 Å². The first kappa shape index (κ1) is 25.8. The average Bonchev–Trinajstić information content (AvgIpc) is 2.79. The number of anilines is 2. The molecule has 0 spiro atoms. The molecule has 2 heterocycles. The molecule has 14 heteroatoms. The van der Waals surface area contributed by atoms with Crippen molar-refractivity contribution in [2.24, 2.45) is 0 Å². The van der Waals surface area contributed by atoms with E-state index in [1.54, 1.807) is 60.7 Å². The van der Waals surface area contributed by atoms with E-state index in [1.165, 1.54) is 0 Å². The minimum absolute atomic E-state index is 0.0474. The van der Waals surface area contributed by atoms with Crippen LogP contribution in [-0.2, 0) is 0 Å². The van der Waals surface area contributed by atoms with Crippen LogP contribution in [0.5, 0.6) is 11.8 Å². The Balaban J connectivity index is 0.000000201. The van der Waals surface area contributed by atoms with Crippen LogP contribution in [0.15, 0.2) is 70.3 Å². The van der Waals surface area contributed by atoms with Crippen LogP contribution in [0.2, 0.25) is 0 Å². The number of aromatic amines is 4. The van der Waals surface area contributed by atoms with Gasteiger partial charge in [0.25, 0.3) is 22.9 Å². The highest BCUT2D eigenvalue weighted by Crippen LogP contribution is 2.12. The van der Waals surface area contributed by atoms with Crippen molar-refractivity contribution in [1.29, 1.82) is 0 Å². The molecule has 0 radical (unpaired) electrons. The van der Waals surface area contributed by atoms with Gasteiger partial charge < -0.3 is 30.8 Å². The maximum atomic E-state index is 11.8. The quantitative estimate of drug-likeness (QED) is 0.186. The second kappa shape index (κ2) is 11.5. The second-order valence-electron chi connectivity index (χ2n) is 6.90. The molecule has 36 heavy (non-hydrogen) atoms. The topological polar surface area (TPSA) is 196 Å². The van der Waals surface area contributed by atoms with Crippen molar-refractivity contribution in [2.45, 2.75) is 0 Å². The molecule has 12 nitrogen and oxygen atoms in total. The molecule has 2 aromatic carbocycles. The lowest BCUT2D eigenvalue weighted by Crippen LogP contribution is -2.24. The number of hydrogen-bond donors (Lipinski definition) is 8. The van der Waals surface area contributed by atoms with Gasteiger partial charge in [-0.25, -0.2) is 0 Å². The van der Waals surface area contributed by atoms with Crippen LogP contribution in [0, 0.1) is 9.54 Å². The van der Waals surface area contributed by atoms with Crippen molar-refractivity contribution < 1.29 is 19.8 Å². The number of aromatic nitrogens is 4. The molecule has 0 atom stereocenters. The van der Waals surface area contributed by atoms with Gasteiger partial charge in [-0.3, -0.25) is 29.1 Å². The van der Waals surface area contributed by atoms with Crippen molar-refractivity contribution in [1.82, 2.24) is 19.9 Å². The first-order valence-corrected chi connectivity index (χ1v) is 10.8. The molecule has 0 saturated heterocycles. The Hall–Kier alpha value is -4.82. The SMILES string of the molecule is O=C(Nc1ccccc1)c1c(O)[nH]c(=S)[nH]c1=O.O=C(Nc1ccccc1)c1c(O)[nH]c(=S)[nH]c1=O. The maximum Gasteiger partial charge on any atom is 0.268 e. The fraction of sp³-hybridized carbons (Fsp3) is 0. The maximum absolute atomic E-state index is 11.8. The molecule has 0 aliphatic rings. The molecule has 0 bridgehead atoms. The highest BCUT2D eigenvalue weighted by Gasteiger charge is 2.17. The molecular weight excluding hydrogens is 508 g/mol. The third-order valence-electron chi connectivity index (χ3n) is 4.36. The first-order chi connectivity index (χ1) is 17.2. The Morgan fingerprint density at radius 3 is 1.25 bits per heavy atom. The number of H-pyrrole nitrogens is 4. The molecule has 0 aliphatic carbocycles. The molecule has 8 N–H and O–H groups in total. The Bertz CT molecular complexity index is 1500. The summed E-state index contributed by atoms with van der Waals surface area (Å²) in [7, 11) is 0. The van der Waals surface area contributed by atoms with E-state index in [9.17, 15) is 29.4 Å². The predicted octanol–water partition coefficient (Wildman–Crippen LogP) is 2.78. The number of nitrogens with one attached hydrogen (secondary N) is 6. The van der Waals surface area contributed by atoms with Gasteiger partial charge in [-0.1, -0.05) is 36.4 Å². The summed E-state index contributed by atoms with van der Waals surface area (Å²) in [6.07, 6.45) is 0. The molecule has 0 unspecified atom stereocenters. The molecule has 0 saturated carbocycles. The van der Waals surface area contributed by atoms with Crippen molar-refractivity contribution >= 4 is 47.6 Å². The number of hydrogen-bond acceptors (Lipinski definition) is 8. The molecule has 0 fully saturated rings. The van der Waals surface area contributed by atoms with Crippen molar-refractivity contribution in [3.8, 4) is 11.8 Å². The number of benzene rings is 2. The van der Waals surface area contributed by atoms with Crippen molar-refractivity contribution in [2.75, 3.05) is 10.6 Å². The summed E-state index contributed by atoms with van der Waals surface area (Å²) in [6, 6.07) is 17.2. The molecule has 2 amide bonds. The Labute approximate surface area is 211 Å². The van der Waals surface area contributed by atoms with Crippen molar-refractivity contribution in [3.05, 3.63) is 102 Å². The van der Waals surface area contributed by atoms with E-state index in [0.717, 1.165) is 0 Å². The molecule has 4 aromatic rings. The number of carbonyl (C=O) groups is 2. The predicted molar refractivity (Wildman–Crippen MR) is 137 cm³/mol. The van der Waals surface area contributed by atoms with Gasteiger partial charge in [0.1, 0.15) is 0 Å². The minimum Gasteiger partial charge on any atom is -0.494 e. The zero-order valence-corrected chi connectivity index (χ0v) is 19.8. The number of para-hydroxylation sites is 2. The largest absolute Gasteiger partial charge is 0.494 e. The normalized spacial score (nSPS) is 10.0. The summed E-state index contributed by atoms with van der Waals surface area (Å²) < 4.78 is -0.0949. The molecule has 0 aliphatic heterocycles. The number of amides is 2. The van der Waals surface area contributed by atoms with Crippen LogP contribution < -0.4 is 21.8 Å². The molecule has 184 valence electrons. The Morgan fingerprint density at radius 2 is 0.944 bits per heavy atom. The lowest BCUT2D eigenvalue weighted by molar-refractivity contribution is 0.101. The third-order valence-corrected chi connectivity index (χ3v) is 4.77. The lowest BCUT2D eigenvalue weighted by Gasteiger charge is -2.05. The monoisotopic (exact) mass is 526 g/mol. The standard InChI is InChI=1S/2C11H9N3O3S/c2*15-8(12-6-4-2-1-3-5-6)7-9(16)13-11(18)14-10(7)17/h2*1-5H,(H,12,15)(H3,13,14,16,17,18).